The molecule has 1 aromatic carbocycles. The van der Waals surface area contributed by atoms with Crippen molar-refractivity contribution in [1.29, 1.82) is 0 Å². The van der Waals surface area contributed by atoms with E-state index in [0.29, 0.717) is 11.5 Å². The Hall–Kier alpha value is -1.03. The van der Waals surface area contributed by atoms with Gasteiger partial charge in [-0.25, -0.2) is 0 Å². The molecule has 0 radical (unpaired) electrons. The molecule has 2 atom stereocenters. The highest BCUT2D eigenvalue weighted by atomic mass is 19.4. The maximum Gasteiger partial charge on any atom is 0.416 e. The first-order valence-corrected chi connectivity index (χ1v) is 5.38. The number of hydrogen-bond acceptors (Lipinski definition) is 1. The summed E-state index contributed by atoms with van der Waals surface area (Å²) in [5.74, 6) is 0.436. The third-order valence-electron chi connectivity index (χ3n) is 2.99. The van der Waals surface area contributed by atoms with E-state index in [2.05, 4.69) is 5.32 Å². The van der Waals surface area contributed by atoms with Crippen LogP contribution in [0.15, 0.2) is 24.3 Å². The van der Waals surface area contributed by atoms with Crippen LogP contribution in [-0.2, 0) is 6.18 Å². The number of benzene rings is 1. The molecule has 0 bridgehead atoms. The zero-order chi connectivity index (χ0) is 11.8. The normalized spacial score (nSPS) is 26.0. The van der Waals surface area contributed by atoms with Gasteiger partial charge in [-0.1, -0.05) is 25.1 Å². The molecule has 1 nitrogen and oxygen atoms in total. The van der Waals surface area contributed by atoms with Gasteiger partial charge in [0.1, 0.15) is 0 Å². The highest BCUT2D eigenvalue weighted by Gasteiger charge is 2.36. The SMILES string of the molecule is CC1CNC(c2ccccc2C(F)(F)F)C1. The van der Waals surface area contributed by atoms with Gasteiger partial charge in [-0.2, -0.15) is 13.2 Å². The van der Waals surface area contributed by atoms with Gasteiger partial charge >= 0.3 is 6.18 Å². The molecule has 0 spiro atoms. The van der Waals surface area contributed by atoms with Crippen LogP contribution in [-0.4, -0.2) is 6.54 Å². The van der Waals surface area contributed by atoms with Gasteiger partial charge in [0, 0.05) is 6.04 Å². The fourth-order valence-electron chi connectivity index (χ4n) is 2.21. The van der Waals surface area contributed by atoms with E-state index >= 15 is 0 Å². The van der Waals surface area contributed by atoms with Crippen LogP contribution in [0.3, 0.4) is 0 Å². The smallest absolute Gasteiger partial charge is 0.310 e. The molecule has 0 aliphatic carbocycles. The van der Waals surface area contributed by atoms with Crippen LogP contribution in [0.2, 0.25) is 0 Å². The van der Waals surface area contributed by atoms with Crippen LogP contribution in [0.25, 0.3) is 0 Å². The summed E-state index contributed by atoms with van der Waals surface area (Å²) in [6.07, 6.45) is -3.49. The Labute approximate surface area is 92.7 Å². The van der Waals surface area contributed by atoms with Crippen LogP contribution in [0, 0.1) is 5.92 Å². The van der Waals surface area contributed by atoms with E-state index in [-0.39, 0.29) is 6.04 Å². The van der Waals surface area contributed by atoms with Gasteiger partial charge in [-0.3, -0.25) is 0 Å². The van der Waals surface area contributed by atoms with Crippen molar-refractivity contribution in [3.8, 4) is 0 Å². The number of nitrogens with one attached hydrogen (secondary N) is 1. The van der Waals surface area contributed by atoms with E-state index in [0.717, 1.165) is 19.0 Å². The summed E-state index contributed by atoms with van der Waals surface area (Å²) in [4.78, 5) is 0. The Balaban J connectivity index is 2.34. The van der Waals surface area contributed by atoms with Crippen molar-refractivity contribution in [3.05, 3.63) is 35.4 Å². The topological polar surface area (TPSA) is 12.0 Å². The van der Waals surface area contributed by atoms with E-state index in [1.165, 1.54) is 6.07 Å². The molecule has 4 heteroatoms. The summed E-state index contributed by atoms with van der Waals surface area (Å²) >= 11 is 0. The molecule has 1 fully saturated rings. The Morgan fingerprint density at radius 2 is 1.94 bits per heavy atom. The lowest BCUT2D eigenvalue weighted by atomic mass is 9.96. The number of hydrogen-bond donors (Lipinski definition) is 1. The molecule has 2 unspecified atom stereocenters. The minimum absolute atomic E-state index is 0.159. The first-order valence-electron chi connectivity index (χ1n) is 5.38. The van der Waals surface area contributed by atoms with Crippen LogP contribution in [0.4, 0.5) is 13.2 Å². The monoisotopic (exact) mass is 229 g/mol. The van der Waals surface area contributed by atoms with Gasteiger partial charge in [0.2, 0.25) is 0 Å². The molecule has 88 valence electrons. The standard InChI is InChI=1S/C12H14F3N/c1-8-6-11(16-7-8)9-4-2-3-5-10(9)12(13,14)15/h2-5,8,11,16H,6-7H2,1H3. The lowest BCUT2D eigenvalue weighted by Crippen LogP contribution is -2.18. The number of alkyl halides is 3. The van der Waals surface area contributed by atoms with Crippen molar-refractivity contribution in [3.63, 3.8) is 0 Å². The van der Waals surface area contributed by atoms with Crippen molar-refractivity contribution >= 4 is 0 Å². The van der Waals surface area contributed by atoms with Crippen molar-refractivity contribution in [2.24, 2.45) is 5.92 Å². The van der Waals surface area contributed by atoms with E-state index in [1.807, 2.05) is 6.92 Å². The number of rotatable bonds is 1. The molecular weight excluding hydrogens is 215 g/mol. The Morgan fingerprint density at radius 3 is 2.50 bits per heavy atom. The Kier molecular flexibility index (Phi) is 2.93. The van der Waals surface area contributed by atoms with E-state index in [9.17, 15) is 13.2 Å². The van der Waals surface area contributed by atoms with Crippen LogP contribution < -0.4 is 5.32 Å². The quantitative estimate of drug-likeness (QED) is 0.778. The lowest BCUT2D eigenvalue weighted by molar-refractivity contribution is -0.138. The third-order valence-corrected chi connectivity index (χ3v) is 2.99. The van der Waals surface area contributed by atoms with Gasteiger partial charge < -0.3 is 5.32 Å². The number of halogens is 3. The molecular formula is C12H14F3N. The second-order valence-corrected chi connectivity index (χ2v) is 4.39. The first-order chi connectivity index (χ1) is 7.48. The minimum atomic E-state index is -4.26. The van der Waals surface area contributed by atoms with Crippen molar-refractivity contribution in [1.82, 2.24) is 5.32 Å². The molecule has 1 saturated heterocycles. The van der Waals surface area contributed by atoms with Gasteiger partial charge in [0.25, 0.3) is 0 Å². The summed E-state index contributed by atoms with van der Waals surface area (Å²) in [5.41, 5.74) is -0.138. The largest absolute Gasteiger partial charge is 0.416 e. The van der Waals surface area contributed by atoms with Gasteiger partial charge in [-0.05, 0) is 30.5 Å². The van der Waals surface area contributed by atoms with Crippen LogP contribution in [0.1, 0.15) is 30.5 Å². The Bertz CT molecular complexity index is 373. The van der Waals surface area contributed by atoms with Crippen molar-refractivity contribution in [2.75, 3.05) is 6.54 Å². The molecule has 16 heavy (non-hydrogen) atoms. The first kappa shape index (κ1) is 11.5. The average Bonchev–Trinajstić information content (AvgIpc) is 2.64. The molecule has 1 aliphatic heterocycles. The predicted molar refractivity (Wildman–Crippen MR) is 56.0 cm³/mol. The fourth-order valence-corrected chi connectivity index (χ4v) is 2.21. The summed E-state index contributed by atoms with van der Waals surface area (Å²) in [5, 5.41) is 3.14. The van der Waals surface area contributed by atoms with Gasteiger partial charge in [0.15, 0.2) is 0 Å². The predicted octanol–water partition coefficient (Wildman–Crippen LogP) is 3.38. The maximum absolute atomic E-state index is 12.8. The Morgan fingerprint density at radius 1 is 1.25 bits per heavy atom. The molecule has 0 saturated carbocycles. The highest BCUT2D eigenvalue weighted by molar-refractivity contribution is 5.33. The second kappa shape index (κ2) is 4.09. The summed E-state index contributed by atoms with van der Waals surface area (Å²) in [6, 6.07) is 5.66. The van der Waals surface area contributed by atoms with Crippen LogP contribution in [0.5, 0.6) is 0 Å². The fraction of sp³-hybridized carbons (Fsp3) is 0.500. The zero-order valence-corrected chi connectivity index (χ0v) is 9.01. The van der Waals surface area contributed by atoms with Crippen molar-refractivity contribution < 1.29 is 13.2 Å². The molecule has 0 aromatic heterocycles. The summed E-state index contributed by atoms with van der Waals surface area (Å²) in [7, 11) is 0. The van der Waals surface area contributed by atoms with Crippen LogP contribution >= 0.6 is 0 Å². The summed E-state index contributed by atoms with van der Waals surface area (Å²) < 4.78 is 38.3. The minimum Gasteiger partial charge on any atom is -0.310 e. The molecule has 1 heterocycles. The highest BCUT2D eigenvalue weighted by Crippen LogP contribution is 2.37. The third kappa shape index (κ3) is 2.21. The molecule has 1 N–H and O–H groups in total. The second-order valence-electron chi connectivity index (χ2n) is 4.39. The van der Waals surface area contributed by atoms with E-state index < -0.39 is 11.7 Å². The van der Waals surface area contributed by atoms with Crippen molar-refractivity contribution in [2.45, 2.75) is 25.6 Å². The van der Waals surface area contributed by atoms with Gasteiger partial charge in [-0.15, -0.1) is 0 Å². The molecule has 1 aromatic rings. The van der Waals surface area contributed by atoms with E-state index in [4.69, 9.17) is 0 Å². The lowest BCUT2D eigenvalue weighted by Gasteiger charge is -2.17. The maximum atomic E-state index is 12.8. The molecule has 1 aliphatic rings. The van der Waals surface area contributed by atoms with Gasteiger partial charge in [0.05, 0.1) is 5.56 Å². The van der Waals surface area contributed by atoms with E-state index in [1.54, 1.807) is 12.1 Å². The molecule has 0 amide bonds. The summed E-state index contributed by atoms with van der Waals surface area (Å²) in [6.45, 7) is 2.83. The average molecular weight is 229 g/mol. The zero-order valence-electron chi connectivity index (χ0n) is 9.01. The molecule has 2 rings (SSSR count).